The molecule has 1 aromatic carbocycles. The van der Waals surface area contributed by atoms with Crippen molar-refractivity contribution in [3.05, 3.63) is 35.1 Å². The molecule has 0 atom stereocenters. The minimum absolute atomic E-state index is 0.668. The Morgan fingerprint density at radius 1 is 1.39 bits per heavy atom. The third-order valence-electron chi connectivity index (χ3n) is 2.71. The second-order valence-electron chi connectivity index (χ2n) is 4.26. The van der Waals surface area contributed by atoms with E-state index < -0.39 is 0 Å². The molecule has 0 aliphatic rings. The standard InChI is InChI=1S/C12H16ClN5/c1-17(2)12-5-4-9(6-11(12)13)14-7-10-8-15-16-18(10)3/h4-6,8,14H,7H2,1-3H3. The van der Waals surface area contributed by atoms with Crippen molar-refractivity contribution < 1.29 is 0 Å². The zero-order chi connectivity index (χ0) is 13.1. The molecule has 2 rings (SSSR count). The third kappa shape index (κ3) is 2.73. The van der Waals surface area contributed by atoms with Crippen molar-refractivity contribution in [1.82, 2.24) is 15.0 Å². The van der Waals surface area contributed by atoms with Gasteiger partial charge in [0.25, 0.3) is 0 Å². The van der Waals surface area contributed by atoms with Crippen LogP contribution in [0, 0.1) is 0 Å². The molecule has 0 bridgehead atoms. The third-order valence-corrected chi connectivity index (χ3v) is 3.01. The molecule has 0 spiro atoms. The number of hydrogen-bond donors (Lipinski definition) is 1. The summed E-state index contributed by atoms with van der Waals surface area (Å²) in [6.45, 7) is 0.668. The van der Waals surface area contributed by atoms with Crippen LogP contribution in [0.1, 0.15) is 5.69 Å². The van der Waals surface area contributed by atoms with Gasteiger partial charge in [-0.05, 0) is 18.2 Å². The van der Waals surface area contributed by atoms with E-state index in [1.54, 1.807) is 10.9 Å². The van der Waals surface area contributed by atoms with E-state index in [-0.39, 0.29) is 0 Å². The average Bonchev–Trinajstić information content (AvgIpc) is 2.72. The van der Waals surface area contributed by atoms with Gasteiger partial charge in [0.1, 0.15) is 0 Å². The minimum atomic E-state index is 0.668. The van der Waals surface area contributed by atoms with Crippen molar-refractivity contribution in [2.24, 2.45) is 7.05 Å². The highest BCUT2D eigenvalue weighted by Crippen LogP contribution is 2.27. The summed E-state index contributed by atoms with van der Waals surface area (Å²) >= 11 is 6.20. The first kappa shape index (κ1) is 12.7. The molecule has 0 fully saturated rings. The predicted molar refractivity (Wildman–Crippen MR) is 74.1 cm³/mol. The molecular weight excluding hydrogens is 250 g/mol. The Hall–Kier alpha value is -1.75. The van der Waals surface area contributed by atoms with Crippen LogP contribution in [0.3, 0.4) is 0 Å². The normalized spacial score (nSPS) is 10.4. The van der Waals surface area contributed by atoms with Crippen molar-refractivity contribution in [2.75, 3.05) is 24.3 Å². The molecule has 2 aromatic rings. The van der Waals surface area contributed by atoms with Gasteiger partial charge in [0.05, 0.1) is 29.1 Å². The first-order valence-corrected chi connectivity index (χ1v) is 6.00. The van der Waals surface area contributed by atoms with Gasteiger partial charge in [-0.3, -0.25) is 4.68 Å². The maximum Gasteiger partial charge on any atom is 0.0774 e. The van der Waals surface area contributed by atoms with Gasteiger partial charge in [-0.15, -0.1) is 5.10 Å². The van der Waals surface area contributed by atoms with Crippen LogP contribution in [0.4, 0.5) is 11.4 Å². The fraction of sp³-hybridized carbons (Fsp3) is 0.333. The SMILES string of the molecule is CN(C)c1ccc(NCc2cnnn2C)cc1Cl. The van der Waals surface area contributed by atoms with Crippen LogP contribution in [0.2, 0.25) is 5.02 Å². The van der Waals surface area contributed by atoms with E-state index in [0.717, 1.165) is 22.1 Å². The molecule has 0 radical (unpaired) electrons. The Morgan fingerprint density at radius 3 is 2.72 bits per heavy atom. The number of halogens is 1. The molecule has 6 heteroatoms. The smallest absolute Gasteiger partial charge is 0.0774 e. The summed E-state index contributed by atoms with van der Waals surface area (Å²) in [6.07, 6.45) is 1.74. The first-order chi connectivity index (χ1) is 8.58. The van der Waals surface area contributed by atoms with Crippen LogP contribution in [-0.2, 0) is 13.6 Å². The van der Waals surface area contributed by atoms with E-state index in [0.29, 0.717) is 6.54 Å². The summed E-state index contributed by atoms with van der Waals surface area (Å²) in [4.78, 5) is 1.98. The largest absolute Gasteiger partial charge is 0.379 e. The van der Waals surface area contributed by atoms with E-state index in [1.165, 1.54) is 0 Å². The van der Waals surface area contributed by atoms with Crippen LogP contribution in [0.5, 0.6) is 0 Å². The average molecular weight is 266 g/mol. The zero-order valence-electron chi connectivity index (χ0n) is 10.7. The lowest BCUT2D eigenvalue weighted by Crippen LogP contribution is -2.09. The first-order valence-electron chi connectivity index (χ1n) is 5.62. The summed E-state index contributed by atoms with van der Waals surface area (Å²) in [5, 5.41) is 11.7. The molecule has 0 aliphatic carbocycles. The summed E-state index contributed by atoms with van der Waals surface area (Å²) in [5.41, 5.74) is 3.00. The molecule has 1 aromatic heterocycles. The van der Waals surface area contributed by atoms with E-state index in [4.69, 9.17) is 11.6 Å². The molecule has 1 N–H and O–H groups in total. The zero-order valence-corrected chi connectivity index (χ0v) is 11.4. The molecule has 1 heterocycles. The van der Waals surface area contributed by atoms with Crippen molar-refractivity contribution >= 4 is 23.0 Å². The molecule has 18 heavy (non-hydrogen) atoms. The van der Waals surface area contributed by atoms with Gasteiger partial charge in [0, 0.05) is 26.8 Å². The Balaban J connectivity index is 2.07. The lowest BCUT2D eigenvalue weighted by atomic mass is 10.2. The van der Waals surface area contributed by atoms with Crippen LogP contribution in [-0.4, -0.2) is 29.1 Å². The maximum atomic E-state index is 6.20. The van der Waals surface area contributed by atoms with Gasteiger partial charge in [-0.1, -0.05) is 16.8 Å². The van der Waals surface area contributed by atoms with Crippen LogP contribution < -0.4 is 10.2 Å². The fourth-order valence-corrected chi connectivity index (χ4v) is 1.99. The summed E-state index contributed by atoms with van der Waals surface area (Å²) in [6, 6.07) is 5.91. The minimum Gasteiger partial charge on any atom is -0.379 e. The number of aromatic nitrogens is 3. The molecule has 0 unspecified atom stereocenters. The van der Waals surface area contributed by atoms with Gasteiger partial charge >= 0.3 is 0 Å². The molecule has 0 amide bonds. The van der Waals surface area contributed by atoms with Gasteiger partial charge in [0.2, 0.25) is 0 Å². The topological polar surface area (TPSA) is 46.0 Å². The number of anilines is 2. The quantitative estimate of drug-likeness (QED) is 0.920. The van der Waals surface area contributed by atoms with Gasteiger partial charge in [-0.25, -0.2) is 0 Å². The lowest BCUT2D eigenvalue weighted by molar-refractivity contribution is 0.683. The number of hydrogen-bond acceptors (Lipinski definition) is 4. The van der Waals surface area contributed by atoms with Crippen LogP contribution >= 0.6 is 11.6 Å². The Morgan fingerprint density at radius 2 is 2.17 bits per heavy atom. The lowest BCUT2D eigenvalue weighted by Gasteiger charge is -2.15. The second-order valence-corrected chi connectivity index (χ2v) is 4.67. The highest BCUT2D eigenvalue weighted by Gasteiger charge is 2.04. The molecule has 0 saturated carbocycles. The van der Waals surface area contributed by atoms with Crippen molar-refractivity contribution in [3.63, 3.8) is 0 Å². The molecular formula is C12H16ClN5. The van der Waals surface area contributed by atoms with E-state index in [2.05, 4.69) is 15.6 Å². The van der Waals surface area contributed by atoms with Gasteiger partial charge in [-0.2, -0.15) is 0 Å². The second kappa shape index (κ2) is 5.27. The number of rotatable bonds is 4. The summed E-state index contributed by atoms with van der Waals surface area (Å²) in [7, 11) is 5.80. The monoisotopic (exact) mass is 265 g/mol. The molecule has 96 valence electrons. The highest BCUT2D eigenvalue weighted by atomic mass is 35.5. The van der Waals surface area contributed by atoms with Crippen molar-refractivity contribution in [1.29, 1.82) is 0 Å². The Labute approximate surface area is 111 Å². The van der Waals surface area contributed by atoms with Crippen molar-refractivity contribution in [3.8, 4) is 0 Å². The Bertz CT molecular complexity index is 535. The molecule has 5 nitrogen and oxygen atoms in total. The molecule has 0 aliphatic heterocycles. The van der Waals surface area contributed by atoms with Crippen LogP contribution in [0.15, 0.2) is 24.4 Å². The maximum absolute atomic E-state index is 6.20. The van der Waals surface area contributed by atoms with E-state index in [9.17, 15) is 0 Å². The fourth-order valence-electron chi connectivity index (χ4n) is 1.64. The number of benzene rings is 1. The highest BCUT2D eigenvalue weighted by molar-refractivity contribution is 6.33. The van der Waals surface area contributed by atoms with E-state index >= 15 is 0 Å². The van der Waals surface area contributed by atoms with E-state index in [1.807, 2.05) is 44.2 Å². The molecule has 0 saturated heterocycles. The summed E-state index contributed by atoms with van der Waals surface area (Å²) in [5.74, 6) is 0. The van der Waals surface area contributed by atoms with Gasteiger partial charge < -0.3 is 10.2 Å². The number of aryl methyl sites for hydroxylation is 1. The predicted octanol–water partition coefficient (Wildman–Crippen LogP) is 2.15. The van der Waals surface area contributed by atoms with Crippen LogP contribution in [0.25, 0.3) is 0 Å². The summed E-state index contributed by atoms with van der Waals surface area (Å²) < 4.78 is 1.74. The van der Waals surface area contributed by atoms with Gasteiger partial charge in [0.15, 0.2) is 0 Å². The number of nitrogens with one attached hydrogen (secondary N) is 1. The Kier molecular flexibility index (Phi) is 3.72. The van der Waals surface area contributed by atoms with Crippen molar-refractivity contribution in [2.45, 2.75) is 6.54 Å². The number of nitrogens with zero attached hydrogens (tertiary/aromatic N) is 4.